The topological polar surface area (TPSA) is 85.0 Å². The van der Waals surface area contributed by atoms with E-state index in [9.17, 15) is 0 Å². The Hall–Kier alpha value is -2.15. The molecule has 124 valence electrons. The molecule has 2 atom stereocenters. The molecule has 0 spiro atoms. The monoisotopic (exact) mass is 317 g/mol. The van der Waals surface area contributed by atoms with Crippen LogP contribution in [0.2, 0.25) is 0 Å². The molecule has 1 aliphatic heterocycles. The maximum absolute atomic E-state index is 5.95. The van der Waals surface area contributed by atoms with Gasteiger partial charge in [0.05, 0.1) is 18.4 Å². The summed E-state index contributed by atoms with van der Waals surface area (Å²) in [4.78, 5) is 8.78. The fourth-order valence-electron chi connectivity index (χ4n) is 3.02. The normalized spacial score (nSPS) is 21.2. The molecule has 0 aromatic carbocycles. The van der Waals surface area contributed by atoms with Gasteiger partial charge in [0.15, 0.2) is 0 Å². The number of aromatic amines is 1. The third-order valence-corrected chi connectivity index (χ3v) is 4.21. The van der Waals surface area contributed by atoms with E-state index in [4.69, 9.17) is 9.47 Å². The second kappa shape index (κ2) is 6.95. The molecular weight excluding hydrogens is 294 g/mol. The summed E-state index contributed by atoms with van der Waals surface area (Å²) in [6.07, 6.45) is 3.99. The van der Waals surface area contributed by atoms with Gasteiger partial charge in [-0.15, -0.1) is 0 Å². The lowest BCUT2D eigenvalue weighted by Gasteiger charge is -2.31. The number of anilines is 1. The molecule has 3 rings (SSSR count). The number of hydrogen-bond acceptors (Lipinski definition) is 6. The molecule has 2 aromatic rings. The third kappa shape index (κ3) is 3.44. The summed E-state index contributed by atoms with van der Waals surface area (Å²) in [5.74, 6) is 2.50. The molecule has 0 aliphatic carbocycles. The molecule has 0 amide bonds. The number of aromatic nitrogens is 4. The third-order valence-electron chi connectivity index (χ3n) is 4.21. The van der Waals surface area contributed by atoms with Crippen molar-refractivity contribution < 1.29 is 9.47 Å². The lowest BCUT2D eigenvalue weighted by Crippen LogP contribution is -2.29. The van der Waals surface area contributed by atoms with Gasteiger partial charge >= 0.3 is 0 Å². The molecule has 23 heavy (non-hydrogen) atoms. The van der Waals surface area contributed by atoms with Crippen molar-refractivity contribution in [3.05, 3.63) is 29.3 Å². The number of hydrogen-bond donors (Lipinski definition) is 2. The van der Waals surface area contributed by atoms with Crippen LogP contribution in [0.1, 0.15) is 36.0 Å². The number of ether oxygens (including phenoxy) is 2. The Bertz CT molecular complexity index is 644. The van der Waals surface area contributed by atoms with Gasteiger partial charge in [-0.05, 0) is 32.8 Å². The predicted molar refractivity (Wildman–Crippen MR) is 86.6 cm³/mol. The Morgan fingerprint density at radius 1 is 1.39 bits per heavy atom. The Morgan fingerprint density at radius 2 is 2.26 bits per heavy atom. The summed E-state index contributed by atoms with van der Waals surface area (Å²) >= 11 is 0. The van der Waals surface area contributed by atoms with Crippen molar-refractivity contribution in [3.8, 4) is 5.88 Å². The minimum absolute atomic E-state index is 0.0453. The highest BCUT2D eigenvalue weighted by Gasteiger charge is 2.28. The van der Waals surface area contributed by atoms with Gasteiger partial charge in [-0.3, -0.25) is 5.10 Å². The molecule has 1 fully saturated rings. The van der Waals surface area contributed by atoms with E-state index in [0.717, 1.165) is 43.1 Å². The SMILES string of the molecule is COc1nc(C)nc(NC[C@@H]2CCCO[C@H]2c2ccn[nH]2)c1C. The Morgan fingerprint density at radius 3 is 3.00 bits per heavy atom. The van der Waals surface area contributed by atoms with Crippen LogP contribution in [0.3, 0.4) is 0 Å². The predicted octanol–water partition coefficient (Wildman–Crippen LogP) is 2.40. The van der Waals surface area contributed by atoms with Gasteiger partial charge < -0.3 is 14.8 Å². The van der Waals surface area contributed by atoms with Gasteiger partial charge in [0.1, 0.15) is 17.7 Å². The van der Waals surface area contributed by atoms with Crippen LogP contribution < -0.4 is 10.1 Å². The maximum Gasteiger partial charge on any atom is 0.221 e. The molecule has 0 saturated carbocycles. The molecule has 0 bridgehead atoms. The van der Waals surface area contributed by atoms with Crippen LogP contribution in [0.15, 0.2) is 12.3 Å². The zero-order valence-corrected chi connectivity index (χ0v) is 13.8. The Labute approximate surface area is 135 Å². The second-order valence-corrected chi connectivity index (χ2v) is 5.84. The highest BCUT2D eigenvalue weighted by Crippen LogP contribution is 2.33. The summed E-state index contributed by atoms with van der Waals surface area (Å²) in [6.45, 7) is 5.40. The largest absolute Gasteiger partial charge is 0.481 e. The Balaban J connectivity index is 1.73. The first-order chi connectivity index (χ1) is 11.2. The molecule has 7 heteroatoms. The van der Waals surface area contributed by atoms with Crippen molar-refractivity contribution in [2.45, 2.75) is 32.8 Å². The smallest absolute Gasteiger partial charge is 0.221 e. The second-order valence-electron chi connectivity index (χ2n) is 5.84. The maximum atomic E-state index is 5.95. The van der Waals surface area contributed by atoms with E-state index in [1.165, 1.54) is 0 Å². The van der Waals surface area contributed by atoms with Crippen LogP contribution in [0.5, 0.6) is 5.88 Å². The average Bonchev–Trinajstić information content (AvgIpc) is 3.10. The van der Waals surface area contributed by atoms with Gasteiger partial charge in [0.2, 0.25) is 5.88 Å². The Kier molecular flexibility index (Phi) is 4.76. The van der Waals surface area contributed by atoms with Crippen LogP contribution in [0.4, 0.5) is 5.82 Å². The van der Waals surface area contributed by atoms with E-state index in [1.807, 2.05) is 19.9 Å². The molecule has 0 unspecified atom stereocenters. The highest BCUT2D eigenvalue weighted by atomic mass is 16.5. The molecule has 3 heterocycles. The van der Waals surface area contributed by atoms with Crippen LogP contribution in [-0.4, -0.2) is 40.4 Å². The summed E-state index contributed by atoms with van der Waals surface area (Å²) < 4.78 is 11.3. The molecular formula is C16H23N5O2. The zero-order valence-electron chi connectivity index (χ0n) is 13.8. The number of nitrogens with one attached hydrogen (secondary N) is 2. The van der Waals surface area contributed by atoms with Crippen LogP contribution in [-0.2, 0) is 4.74 Å². The number of nitrogens with zero attached hydrogens (tertiary/aromatic N) is 3. The first kappa shape index (κ1) is 15.7. The molecule has 0 radical (unpaired) electrons. The summed E-state index contributed by atoms with van der Waals surface area (Å²) in [5.41, 5.74) is 1.96. The summed E-state index contributed by atoms with van der Waals surface area (Å²) in [7, 11) is 1.63. The van der Waals surface area contributed by atoms with Crippen molar-refractivity contribution in [2.75, 3.05) is 25.6 Å². The van der Waals surface area contributed by atoms with E-state index < -0.39 is 0 Å². The van der Waals surface area contributed by atoms with Gasteiger partial charge in [-0.1, -0.05) is 0 Å². The van der Waals surface area contributed by atoms with E-state index >= 15 is 0 Å². The minimum atomic E-state index is 0.0453. The van der Waals surface area contributed by atoms with E-state index in [1.54, 1.807) is 13.3 Å². The van der Waals surface area contributed by atoms with Gasteiger partial charge in [0, 0.05) is 25.3 Å². The van der Waals surface area contributed by atoms with Gasteiger partial charge in [-0.25, -0.2) is 4.98 Å². The fraction of sp³-hybridized carbons (Fsp3) is 0.562. The van der Waals surface area contributed by atoms with Crippen molar-refractivity contribution in [1.29, 1.82) is 0 Å². The van der Waals surface area contributed by atoms with Crippen LogP contribution >= 0.6 is 0 Å². The average molecular weight is 317 g/mol. The number of H-pyrrole nitrogens is 1. The lowest BCUT2D eigenvalue weighted by atomic mass is 9.92. The van der Waals surface area contributed by atoms with E-state index in [0.29, 0.717) is 17.6 Å². The minimum Gasteiger partial charge on any atom is -0.481 e. The van der Waals surface area contributed by atoms with Gasteiger partial charge in [-0.2, -0.15) is 10.1 Å². The van der Waals surface area contributed by atoms with Crippen LogP contribution in [0, 0.1) is 19.8 Å². The summed E-state index contributed by atoms with van der Waals surface area (Å²) in [6, 6.07) is 1.98. The molecule has 2 aromatic heterocycles. The number of aryl methyl sites for hydroxylation is 1. The summed E-state index contributed by atoms with van der Waals surface area (Å²) in [5, 5.41) is 10.5. The van der Waals surface area contributed by atoms with Crippen molar-refractivity contribution in [1.82, 2.24) is 20.2 Å². The van der Waals surface area contributed by atoms with Crippen molar-refractivity contribution >= 4 is 5.82 Å². The lowest BCUT2D eigenvalue weighted by molar-refractivity contribution is -0.0264. The van der Waals surface area contributed by atoms with E-state index in [-0.39, 0.29) is 6.10 Å². The zero-order chi connectivity index (χ0) is 16.2. The number of methoxy groups -OCH3 is 1. The highest BCUT2D eigenvalue weighted by molar-refractivity contribution is 5.48. The van der Waals surface area contributed by atoms with Crippen molar-refractivity contribution in [2.24, 2.45) is 5.92 Å². The quantitative estimate of drug-likeness (QED) is 0.881. The fourth-order valence-corrected chi connectivity index (χ4v) is 3.02. The molecule has 1 saturated heterocycles. The van der Waals surface area contributed by atoms with Crippen molar-refractivity contribution in [3.63, 3.8) is 0 Å². The first-order valence-corrected chi connectivity index (χ1v) is 7.93. The number of rotatable bonds is 5. The molecule has 2 N–H and O–H groups in total. The van der Waals surface area contributed by atoms with E-state index in [2.05, 4.69) is 25.5 Å². The van der Waals surface area contributed by atoms with Crippen LogP contribution in [0.25, 0.3) is 0 Å². The molecule has 7 nitrogen and oxygen atoms in total. The molecule has 1 aliphatic rings. The van der Waals surface area contributed by atoms with Gasteiger partial charge in [0.25, 0.3) is 0 Å². The standard InChI is InChI=1S/C16H23N5O2/c1-10-15(19-11(2)20-16(10)22-3)17-9-12-5-4-8-23-14(12)13-6-7-18-21-13/h6-7,12,14H,4-5,8-9H2,1-3H3,(H,18,21)(H,17,19,20)/t12-,14+/m0/s1. The first-order valence-electron chi connectivity index (χ1n) is 7.93.